The van der Waals surface area contributed by atoms with Gasteiger partial charge in [-0.2, -0.15) is 30.4 Å². The minimum Gasteiger partial charge on any atom is -0.465 e. The number of esters is 2. The number of hydrogen-bond donors (Lipinski definition) is 1. The van der Waals surface area contributed by atoms with Crippen molar-refractivity contribution in [1.82, 2.24) is 0 Å². The molecule has 2 aromatic carbocycles. The fourth-order valence-corrected chi connectivity index (χ4v) is 5.47. The van der Waals surface area contributed by atoms with Crippen LogP contribution in [0.4, 0.5) is 22.0 Å². The summed E-state index contributed by atoms with van der Waals surface area (Å²) >= 11 is 0. The Bertz CT molecular complexity index is 1260. The van der Waals surface area contributed by atoms with E-state index in [0.29, 0.717) is 6.42 Å². The first kappa shape index (κ1) is 27.0. The number of benzene rings is 2. The summed E-state index contributed by atoms with van der Waals surface area (Å²) in [6, 6.07) is 15.5. The van der Waals surface area contributed by atoms with Crippen LogP contribution in [0.1, 0.15) is 53.4 Å². The third kappa shape index (κ3) is 5.06. The highest BCUT2D eigenvalue weighted by molar-refractivity contribution is 7.86. The van der Waals surface area contributed by atoms with E-state index < -0.39 is 58.5 Å². The zero-order chi connectivity index (χ0) is 27.2. The monoisotopic (exact) mass is 548 g/mol. The molecule has 200 valence electrons. The molecule has 0 spiro atoms. The van der Waals surface area contributed by atoms with E-state index in [1.807, 2.05) is 48.5 Å². The Hall–Kier alpha value is -3.06. The normalized spacial score (nSPS) is 21.5. The maximum Gasteiger partial charge on any atom is 0.432 e. The van der Waals surface area contributed by atoms with Crippen molar-refractivity contribution in [3.05, 3.63) is 70.8 Å². The molecule has 2 aromatic rings. The standard InChI is InChI=1S/C24H21F5O7S/c25-23(26,27)22(24(28,29)37(32,33)34)36-19(30)10-5-11-35-21(31)18-12-17-13-6-1-3-8-15(13)20(18)16-9-4-2-7-14(16)17/h1-4,6-9,17-18,20,22H,5,10-12H2,(H,32,33,34). The van der Waals surface area contributed by atoms with Gasteiger partial charge in [-0.25, -0.2) is 0 Å². The molecule has 0 amide bonds. The van der Waals surface area contributed by atoms with Crippen molar-refractivity contribution in [3.63, 3.8) is 0 Å². The van der Waals surface area contributed by atoms with Crippen molar-refractivity contribution in [2.24, 2.45) is 5.92 Å². The van der Waals surface area contributed by atoms with E-state index in [9.17, 15) is 40.0 Å². The molecule has 13 heteroatoms. The molecule has 2 unspecified atom stereocenters. The predicted molar refractivity (Wildman–Crippen MR) is 117 cm³/mol. The lowest BCUT2D eigenvalue weighted by atomic mass is 9.59. The van der Waals surface area contributed by atoms with E-state index in [-0.39, 0.29) is 18.3 Å². The molecule has 7 nitrogen and oxygen atoms in total. The highest BCUT2D eigenvalue weighted by atomic mass is 32.2. The average Bonchev–Trinajstić information content (AvgIpc) is 2.83. The number of halogens is 5. The fourth-order valence-electron chi connectivity index (χ4n) is 5.02. The molecular weight excluding hydrogens is 527 g/mol. The quantitative estimate of drug-likeness (QED) is 0.223. The Morgan fingerprint density at radius 1 is 0.946 bits per heavy atom. The molecule has 37 heavy (non-hydrogen) atoms. The summed E-state index contributed by atoms with van der Waals surface area (Å²) in [5.74, 6) is -3.19. The molecule has 0 aliphatic heterocycles. The molecule has 0 radical (unpaired) electrons. The molecule has 5 rings (SSSR count). The van der Waals surface area contributed by atoms with Crippen LogP contribution in [0.5, 0.6) is 0 Å². The first-order valence-electron chi connectivity index (χ1n) is 11.2. The van der Waals surface area contributed by atoms with E-state index in [0.717, 1.165) is 22.3 Å². The summed E-state index contributed by atoms with van der Waals surface area (Å²) in [6.45, 7) is -0.406. The Balaban J connectivity index is 1.37. The molecule has 0 saturated heterocycles. The van der Waals surface area contributed by atoms with Crippen LogP contribution < -0.4 is 0 Å². The molecule has 3 aliphatic rings. The van der Waals surface area contributed by atoms with Crippen LogP contribution in [-0.4, -0.2) is 49.1 Å². The van der Waals surface area contributed by atoms with Crippen LogP contribution in [0.3, 0.4) is 0 Å². The van der Waals surface area contributed by atoms with Crippen molar-refractivity contribution in [2.45, 2.75) is 48.6 Å². The number of ether oxygens (including phenoxy) is 2. The van der Waals surface area contributed by atoms with Crippen LogP contribution in [-0.2, 0) is 29.2 Å². The van der Waals surface area contributed by atoms with E-state index in [1.54, 1.807) is 0 Å². The van der Waals surface area contributed by atoms with Crippen LogP contribution in [0.2, 0.25) is 0 Å². The second-order valence-corrected chi connectivity index (χ2v) is 10.3. The van der Waals surface area contributed by atoms with Gasteiger partial charge in [0.15, 0.2) is 0 Å². The van der Waals surface area contributed by atoms with Crippen molar-refractivity contribution in [1.29, 1.82) is 0 Å². The lowest BCUT2D eigenvalue weighted by Crippen LogP contribution is -2.52. The number of alkyl halides is 5. The van der Waals surface area contributed by atoms with Gasteiger partial charge < -0.3 is 9.47 Å². The molecule has 1 N–H and O–H groups in total. The zero-order valence-electron chi connectivity index (χ0n) is 19.0. The third-order valence-electron chi connectivity index (χ3n) is 6.57. The lowest BCUT2D eigenvalue weighted by Gasteiger charge is -2.44. The Kier molecular flexibility index (Phi) is 7.06. The molecule has 2 atom stereocenters. The van der Waals surface area contributed by atoms with E-state index in [4.69, 9.17) is 9.29 Å². The lowest BCUT2D eigenvalue weighted by molar-refractivity contribution is -0.259. The van der Waals surface area contributed by atoms with Crippen molar-refractivity contribution in [2.75, 3.05) is 6.61 Å². The third-order valence-corrected chi connectivity index (χ3v) is 7.47. The summed E-state index contributed by atoms with van der Waals surface area (Å²) in [5, 5.41) is -5.81. The van der Waals surface area contributed by atoms with Gasteiger partial charge in [-0.05, 0) is 35.1 Å². The minimum absolute atomic E-state index is 0.0197. The molecular formula is C24H21F5O7S. The Morgan fingerprint density at radius 2 is 1.46 bits per heavy atom. The summed E-state index contributed by atoms with van der Waals surface area (Å²) in [5.41, 5.74) is 4.25. The fraction of sp³-hybridized carbons (Fsp3) is 0.417. The maximum atomic E-state index is 13.5. The van der Waals surface area contributed by atoms with Gasteiger partial charge in [-0.1, -0.05) is 48.5 Å². The molecule has 3 aliphatic carbocycles. The van der Waals surface area contributed by atoms with Crippen molar-refractivity contribution in [3.8, 4) is 0 Å². The summed E-state index contributed by atoms with van der Waals surface area (Å²) < 4.78 is 104. The molecule has 0 heterocycles. The van der Waals surface area contributed by atoms with Gasteiger partial charge in [-0.3, -0.25) is 14.1 Å². The summed E-state index contributed by atoms with van der Waals surface area (Å²) in [7, 11) is -6.53. The van der Waals surface area contributed by atoms with Gasteiger partial charge in [0.25, 0.3) is 6.10 Å². The first-order chi connectivity index (χ1) is 17.2. The predicted octanol–water partition coefficient (Wildman–Crippen LogP) is 4.56. The second kappa shape index (κ2) is 9.67. The largest absolute Gasteiger partial charge is 0.465 e. The summed E-state index contributed by atoms with van der Waals surface area (Å²) in [4.78, 5) is 24.6. The van der Waals surface area contributed by atoms with Gasteiger partial charge in [0.2, 0.25) is 0 Å². The molecule has 0 fully saturated rings. The van der Waals surface area contributed by atoms with Gasteiger partial charge in [0.05, 0.1) is 12.5 Å². The average molecular weight is 548 g/mol. The number of hydrogen-bond acceptors (Lipinski definition) is 6. The van der Waals surface area contributed by atoms with Crippen molar-refractivity contribution >= 4 is 22.1 Å². The number of fused-ring (bicyclic) bond motifs is 1. The van der Waals surface area contributed by atoms with E-state index >= 15 is 0 Å². The zero-order valence-corrected chi connectivity index (χ0v) is 19.8. The molecule has 2 bridgehead atoms. The Morgan fingerprint density at radius 3 is 1.95 bits per heavy atom. The first-order valence-corrected chi connectivity index (χ1v) is 12.6. The van der Waals surface area contributed by atoms with Crippen LogP contribution in [0.15, 0.2) is 48.5 Å². The van der Waals surface area contributed by atoms with Gasteiger partial charge in [-0.15, -0.1) is 0 Å². The highest BCUT2D eigenvalue weighted by Crippen LogP contribution is 2.55. The van der Waals surface area contributed by atoms with Crippen LogP contribution in [0.25, 0.3) is 0 Å². The number of carbonyl (C=O) groups excluding carboxylic acids is 2. The van der Waals surface area contributed by atoms with E-state index in [2.05, 4.69) is 4.74 Å². The summed E-state index contributed by atoms with van der Waals surface area (Å²) in [6.07, 6.45) is -11.1. The van der Waals surface area contributed by atoms with Crippen LogP contribution >= 0.6 is 0 Å². The van der Waals surface area contributed by atoms with Gasteiger partial charge >= 0.3 is 33.5 Å². The minimum atomic E-state index is -6.53. The molecule has 0 saturated carbocycles. The molecule has 0 aromatic heterocycles. The highest BCUT2D eigenvalue weighted by Gasteiger charge is 2.66. The number of carbonyl (C=O) groups is 2. The van der Waals surface area contributed by atoms with Crippen LogP contribution in [0, 0.1) is 5.92 Å². The maximum absolute atomic E-state index is 13.5. The topological polar surface area (TPSA) is 107 Å². The van der Waals surface area contributed by atoms with E-state index in [1.165, 1.54) is 0 Å². The van der Waals surface area contributed by atoms with Crippen molar-refractivity contribution < 1.29 is 54.0 Å². The SMILES string of the molecule is O=C(CCCOC(=O)C1CC2c3ccccc3C1c1ccccc12)OC(C(F)(F)F)C(F)(F)S(=O)(=O)O. The smallest absolute Gasteiger partial charge is 0.432 e. The Labute approximate surface area is 208 Å². The van der Waals surface area contributed by atoms with Gasteiger partial charge in [0.1, 0.15) is 0 Å². The van der Waals surface area contributed by atoms with Gasteiger partial charge in [0, 0.05) is 18.3 Å². The number of rotatable bonds is 8. The second-order valence-electron chi connectivity index (χ2n) is 8.85.